The second-order valence-electron chi connectivity index (χ2n) is 10.2. The summed E-state index contributed by atoms with van der Waals surface area (Å²) in [6, 6.07) is 8.22. The third kappa shape index (κ3) is 2.58. The van der Waals surface area contributed by atoms with Crippen molar-refractivity contribution < 1.29 is 9.53 Å². The van der Waals surface area contributed by atoms with Crippen LogP contribution in [0.1, 0.15) is 64.4 Å². The highest BCUT2D eigenvalue weighted by Gasteiger charge is 2.57. The molecule has 3 nitrogen and oxygen atoms in total. The maximum atomic E-state index is 13.0. The summed E-state index contributed by atoms with van der Waals surface area (Å²) in [4.78, 5) is 13.0. The number of hydrogen-bond donors (Lipinski definition) is 1. The normalized spacial score (nSPS) is 42.0. The van der Waals surface area contributed by atoms with Crippen molar-refractivity contribution in [3.8, 4) is 5.75 Å². The molecule has 0 unspecified atom stereocenters. The third-order valence-electron chi connectivity index (χ3n) is 8.94. The average molecular weight is 380 g/mol. The standard InChI is InChI=1S/C25H33NO2/c1-24-12-5-8-20(24)18-9-10-22-25(2,21(18)11-13-24)15-19(23(27)26-22)16-6-4-7-17(14-16)28-3/h4,6-7,14-15,18,20-22H,5,8-13H2,1-3H3,(H,26,27)/t18-,20-,21-,22+,24-,25+/m0/s1. The first-order valence-corrected chi connectivity index (χ1v) is 11.1. The summed E-state index contributed by atoms with van der Waals surface area (Å²) in [5, 5.41) is 3.40. The highest BCUT2D eigenvalue weighted by Crippen LogP contribution is 2.63. The fourth-order valence-electron chi connectivity index (χ4n) is 7.44. The molecule has 0 spiro atoms. The summed E-state index contributed by atoms with van der Waals surface area (Å²) < 4.78 is 5.40. The van der Waals surface area contributed by atoms with Gasteiger partial charge in [0.15, 0.2) is 0 Å². The number of nitrogens with one attached hydrogen (secondary N) is 1. The van der Waals surface area contributed by atoms with E-state index in [1.807, 2.05) is 24.3 Å². The predicted molar refractivity (Wildman–Crippen MR) is 112 cm³/mol. The molecule has 0 aromatic heterocycles. The maximum absolute atomic E-state index is 13.0. The minimum atomic E-state index is 0.0547. The second kappa shape index (κ2) is 6.37. The van der Waals surface area contributed by atoms with Crippen LogP contribution in [0.3, 0.4) is 0 Å². The molecule has 1 aliphatic heterocycles. The lowest BCUT2D eigenvalue weighted by Gasteiger charge is -2.58. The molecule has 1 heterocycles. The summed E-state index contributed by atoms with van der Waals surface area (Å²) in [5.41, 5.74) is 2.43. The molecule has 28 heavy (non-hydrogen) atoms. The number of methoxy groups -OCH3 is 1. The molecule has 1 amide bonds. The van der Waals surface area contributed by atoms with Crippen molar-refractivity contribution in [1.29, 1.82) is 0 Å². The third-order valence-corrected chi connectivity index (χ3v) is 8.94. The Morgan fingerprint density at radius 3 is 2.75 bits per heavy atom. The molecule has 3 fully saturated rings. The first-order chi connectivity index (χ1) is 13.4. The minimum Gasteiger partial charge on any atom is -0.497 e. The Bertz CT molecular complexity index is 830. The molecule has 1 aromatic carbocycles. The van der Waals surface area contributed by atoms with E-state index in [1.165, 1.54) is 38.5 Å². The fraction of sp³-hybridized carbons (Fsp3) is 0.640. The molecule has 3 saturated carbocycles. The van der Waals surface area contributed by atoms with Crippen LogP contribution in [0.2, 0.25) is 0 Å². The molecular formula is C25H33NO2. The molecule has 5 rings (SSSR count). The summed E-state index contributed by atoms with van der Waals surface area (Å²) >= 11 is 0. The van der Waals surface area contributed by atoms with Gasteiger partial charge in [-0.2, -0.15) is 0 Å². The van der Waals surface area contributed by atoms with E-state index in [0.29, 0.717) is 11.3 Å². The Morgan fingerprint density at radius 2 is 1.93 bits per heavy atom. The summed E-state index contributed by atoms with van der Waals surface area (Å²) in [7, 11) is 1.68. The number of amides is 1. The molecule has 3 aliphatic carbocycles. The summed E-state index contributed by atoms with van der Waals surface area (Å²) in [6.45, 7) is 4.97. The van der Waals surface area contributed by atoms with E-state index in [-0.39, 0.29) is 17.4 Å². The zero-order valence-electron chi connectivity index (χ0n) is 17.5. The Hall–Kier alpha value is -1.77. The lowest BCUT2D eigenvalue weighted by molar-refractivity contribution is -0.120. The van der Waals surface area contributed by atoms with Crippen LogP contribution in [0.5, 0.6) is 5.75 Å². The number of carbonyl (C=O) groups excluding carboxylic acids is 1. The Kier molecular flexibility index (Phi) is 4.16. The minimum absolute atomic E-state index is 0.0547. The van der Waals surface area contributed by atoms with Gasteiger partial charge >= 0.3 is 0 Å². The zero-order chi connectivity index (χ0) is 19.5. The van der Waals surface area contributed by atoms with Crippen molar-refractivity contribution in [1.82, 2.24) is 5.32 Å². The topological polar surface area (TPSA) is 38.3 Å². The molecule has 0 saturated heterocycles. The van der Waals surface area contributed by atoms with Crippen molar-refractivity contribution in [2.24, 2.45) is 28.6 Å². The number of fused-ring (bicyclic) bond motifs is 5. The van der Waals surface area contributed by atoms with Crippen LogP contribution in [0, 0.1) is 28.6 Å². The van der Waals surface area contributed by atoms with Gasteiger partial charge in [0.25, 0.3) is 5.91 Å². The molecule has 3 heteroatoms. The van der Waals surface area contributed by atoms with Crippen molar-refractivity contribution in [3.05, 3.63) is 35.9 Å². The van der Waals surface area contributed by atoms with E-state index in [4.69, 9.17) is 4.74 Å². The van der Waals surface area contributed by atoms with Gasteiger partial charge in [-0.15, -0.1) is 0 Å². The van der Waals surface area contributed by atoms with Crippen molar-refractivity contribution in [2.45, 2.75) is 64.8 Å². The number of rotatable bonds is 2. The van der Waals surface area contributed by atoms with Gasteiger partial charge in [-0.3, -0.25) is 4.79 Å². The zero-order valence-corrected chi connectivity index (χ0v) is 17.5. The largest absolute Gasteiger partial charge is 0.497 e. The van der Waals surface area contributed by atoms with Gasteiger partial charge in [-0.25, -0.2) is 0 Å². The van der Waals surface area contributed by atoms with Crippen LogP contribution in [0.4, 0.5) is 0 Å². The number of carbonyl (C=O) groups is 1. The SMILES string of the molecule is COc1cccc(C2=C[C@@]3(C)[C@@H](CC[C@H]4[C@@H]5CCC[C@@]5(C)CC[C@@H]43)NC2=O)c1. The van der Waals surface area contributed by atoms with Gasteiger partial charge in [-0.05, 0) is 79.4 Å². The van der Waals surface area contributed by atoms with E-state index in [1.54, 1.807) is 7.11 Å². The highest BCUT2D eigenvalue weighted by molar-refractivity contribution is 6.20. The van der Waals surface area contributed by atoms with Gasteiger partial charge in [0.1, 0.15) is 5.75 Å². The number of ether oxygens (including phenoxy) is 1. The van der Waals surface area contributed by atoms with Gasteiger partial charge in [0.05, 0.1) is 7.11 Å². The van der Waals surface area contributed by atoms with Crippen molar-refractivity contribution >= 4 is 11.5 Å². The van der Waals surface area contributed by atoms with Crippen LogP contribution in [-0.2, 0) is 4.79 Å². The quantitative estimate of drug-likeness (QED) is 0.766. The first-order valence-electron chi connectivity index (χ1n) is 11.1. The molecule has 0 radical (unpaired) electrons. The highest BCUT2D eigenvalue weighted by atomic mass is 16.5. The number of hydrogen-bond acceptors (Lipinski definition) is 2. The van der Waals surface area contributed by atoms with Gasteiger partial charge < -0.3 is 10.1 Å². The van der Waals surface area contributed by atoms with Crippen LogP contribution in [0.25, 0.3) is 5.57 Å². The smallest absolute Gasteiger partial charge is 0.251 e. The van der Waals surface area contributed by atoms with Crippen LogP contribution in [-0.4, -0.2) is 19.1 Å². The molecule has 150 valence electrons. The van der Waals surface area contributed by atoms with Gasteiger partial charge in [-0.1, -0.05) is 38.5 Å². The summed E-state index contributed by atoms with van der Waals surface area (Å²) in [5.74, 6) is 3.27. The Balaban J connectivity index is 1.54. The molecule has 6 atom stereocenters. The lowest BCUT2D eigenvalue weighted by atomic mass is 9.48. The van der Waals surface area contributed by atoms with E-state index in [9.17, 15) is 4.79 Å². The number of benzene rings is 1. The van der Waals surface area contributed by atoms with Crippen LogP contribution < -0.4 is 10.1 Å². The van der Waals surface area contributed by atoms with Crippen LogP contribution in [0.15, 0.2) is 30.3 Å². The van der Waals surface area contributed by atoms with Gasteiger partial charge in [0, 0.05) is 17.0 Å². The molecule has 0 bridgehead atoms. The van der Waals surface area contributed by atoms with Crippen LogP contribution >= 0.6 is 0 Å². The molecule has 1 N–H and O–H groups in total. The van der Waals surface area contributed by atoms with E-state index >= 15 is 0 Å². The maximum Gasteiger partial charge on any atom is 0.251 e. The van der Waals surface area contributed by atoms with E-state index in [2.05, 4.69) is 25.2 Å². The summed E-state index contributed by atoms with van der Waals surface area (Å²) in [6.07, 6.45) is 11.7. The van der Waals surface area contributed by atoms with E-state index < -0.39 is 0 Å². The average Bonchev–Trinajstić information content (AvgIpc) is 3.10. The predicted octanol–water partition coefficient (Wildman–Crippen LogP) is 5.21. The Labute approximate surface area is 168 Å². The second-order valence-corrected chi connectivity index (χ2v) is 10.2. The monoisotopic (exact) mass is 379 g/mol. The molecular weight excluding hydrogens is 346 g/mol. The molecule has 4 aliphatic rings. The fourth-order valence-corrected chi connectivity index (χ4v) is 7.44. The van der Waals surface area contributed by atoms with Crippen molar-refractivity contribution in [3.63, 3.8) is 0 Å². The van der Waals surface area contributed by atoms with Crippen molar-refractivity contribution in [2.75, 3.05) is 7.11 Å². The molecule has 1 aromatic rings. The lowest BCUT2D eigenvalue weighted by Crippen LogP contribution is -2.59. The first kappa shape index (κ1) is 18.3. The Morgan fingerprint density at radius 1 is 1.07 bits per heavy atom. The van der Waals surface area contributed by atoms with Gasteiger partial charge in [0.2, 0.25) is 0 Å². The van der Waals surface area contributed by atoms with E-state index in [0.717, 1.165) is 35.1 Å².